The van der Waals surface area contributed by atoms with Crippen LogP contribution < -0.4 is 0 Å². The van der Waals surface area contributed by atoms with Crippen LogP contribution in [0.1, 0.15) is 24.0 Å². The van der Waals surface area contributed by atoms with Crippen LogP contribution >= 0.6 is 11.6 Å². The van der Waals surface area contributed by atoms with E-state index in [1.54, 1.807) is 12.1 Å². The van der Waals surface area contributed by atoms with Crippen molar-refractivity contribution in [1.29, 1.82) is 0 Å². The molecule has 2 heterocycles. The molecule has 2 aliphatic heterocycles. The lowest BCUT2D eigenvalue weighted by Gasteiger charge is -2.39. The molecule has 1 saturated heterocycles. The maximum absolute atomic E-state index is 13.1. The highest BCUT2D eigenvalue weighted by atomic mass is 35.5. The van der Waals surface area contributed by atoms with Gasteiger partial charge in [0.2, 0.25) is 5.96 Å². The molecule has 0 unspecified atom stereocenters. The van der Waals surface area contributed by atoms with Crippen molar-refractivity contribution in [3.05, 3.63) is 70.5 Å². The fourth-order valence-corrected chi connectivity index (χ4v) is 3.71. The minimum absolute atomic E-state index is 0.293. The van der Waals surface area contributed by atoms with Crippen molar-refractivity contribution >= 4 is 23.9 Å². The maximum Gasteiger partial charge on any atom is 0.223 e. The lowest BCUT2D eigenvalue weighted by atomic mass is 9.84. The summed E-state index contributed by atoms with van der Waals surface area (Å²) in [7, 11) is 0. The molecule has 2 aromatic carbocycles. The summed E-state index contributed by atoms with van der Waals surface area (Å²) in [4.78, 5) is 13.2. The van der Waals surface area contributed by atoms with Crippen molar-refractivity contribution in [2.45, 2.75) is 25.0 Å². The summed E-state index contributed by atoms with van der Waals surface area (Å²) < 4.78 is 13.1. The molecule has 1 N–H and O–H groups in total. The maximum atomic E-state index is 13.1. The molecule has 0 atom stereocenters. The number of piperidine rings is 1. The van der Waals surface area contributed by atoms with Gasteiger partial charge in [-0.3, -0.25) is 0 Å². The molecule has 0 aliphatic carbocycles. The topological polar surface area (TPSA) is 51.4 Å². The summed E-state index contributed by atoms with van der Waals surface area (Å²) in [5.74, 6) is 0.410. The number of aliphatic imine (C=N–C) groups is 2. The Balaban J connectivity index is 1.33. The molecule has 146 valence electrons. The van der Waals surface area contributed by atoms with Gasteiger partial charge in [0, 0.05) is 24.7 Å². The molecule has 0 radical (unpaired) electrons. The molecule has 2 aromatic rings. The van der Waals surface area contributed by atoms with Crippen LogP contribution in [-0.4, -0.2) is 47.0 Å². The van der Waals surface area contributed by atoms with E-state index in [-0.39, 0.29) is 5.82 Å². The highest BCUT2D eigenvalue weighted by Crippen LogP contribution is 2.33. The first-order valence-electron chi connectivity index (χ1n) is 9.32. The minimum atomic E-state index is -0.927. The molecule has 0 spiro atoms. The van der Waals surface area contributed by atoms with E-state index in [9.17, 15) is 9.50 Å². The van der Waals surface area contributed by atoms with Gasteiger partial charge < -0.3 is 14.9 Å². The summed E-state index contributed by atoms with van der Waals surface area (Å²) in [5.41, 5.74) is 0.984. The van der Waals surface area contributed by atoms with Crippen molar-refractivity contribution in [3.8, 4) is 0 Å². The molecule has 0 amide bonds. The summed E-state index contributed by atoms with van der Waals surface area (Å²) in [6, 6.07) is 13.9. The third-order valence-corrected chi connectivity index (χ3v) is 5.54. The molecule has 28 heavy (non-hydrogen) atoms. The largest absolute Gasteiger partial charge is 0.385 e. The Morgan fingerprint density at radius 1 is 1.04 bits per heavy atom. The fourth-order valence-electron chi connectivity index (χ4n) is 3.59. The van der Waals surface area contributed by atoms with Crippen molar-refractivity contribution < 1.29 is 9.50 Å². The second-order valence-corrected chi connectivity index (χ2v) is 7.68. The predicted molar refractivity (Wildman–Crippen MR) is 109 cm³/mol. The standard InChI is InChI=1S/C21H22ClFN4O/c22-18-5-1-16(2-6-18)13-26-14-24-20(25-15-26)27-11-9-21(28,10-12-27)17-3-7-19(23)8-4-17/h1-8,14,28H,9-13,15H2. The third-order valence-electron chi connectivity index (χ3n) is 5.28. The Bertz CT molecular complexity index is 874. The first-order valence-corrected chi connectivity index (χ1v) is 9.70. The molecule has 1 fully saturated rings. The molecule has 0 aromatic heterocycles. The van der Waals surface area contributed by atoms with E-state index in [4.69, 9.17) is 11.6 Å². The van der Waals surface area contributed by atoms with E-state index >= 15 is 0 Å². The number of halogens is 2. The SMILES string of the molecule is OC1(c2ccc(F)cc2)CCN(C2=NCN(Cc3ccc(Cl)cc3)C=N2)CC1. The summed E-state index contributed by atoms with van der Waals surface area (Å²) in [6.07, 6.45) is 2.93. The quantitative estimate of drug-likeness (QED) is 0.856. The first kappa shape index (κ1) is 18.9. The highest BCUT2D eigenvalue weighted by Gasteiger charge is 2.35. The molecule has 5 nitrogen and oxygen atoms in total. The van der Waals surface area contributed by atoms with E-state index < -0.39 is 5.60 Å². The molecule has 0 bridgehead atoms. The van der Waals surface area contributed by atoms with E-state index in [2.05, 4.69) is 14.9 Å². The van der Waals surface area contributed by atoms with E-state index in [1.165, 1.54) is 12.1 Å². The zero-order valence-electron chi connectivity index (χ0n) is 15.4. The average Bonchev–Trinajstić information content (AvgIpc) is 2.71. The van der Waals surface area contributed by atoms with Gasteiger partial charge in [0.15, 0.2) is 0 Å². The van der Waals surface area contributed by atoms with Crippen LogP contribution in [0.3, 0.4) is 0 Å². The lowest BCUT2D eigenvalue weighted by Crippen LogP contribution is -2.46. The minimum Gasteiger partial charge on any atom is -0.385 e. The fraction of sp³-hybridized carbons (Fsp3) is 0.333. The smallest absolute Gasteiger partial charge is 0.223 e. The number of rotatable bonds is 3. The molecule has 0 saturated carbocycles. The van der Waals surface area contributed by atoms with E-state index in [0.717, 1.165) is 22.7 Å². The van der Waals surface area contributed by atoms with Gasteiger partial charge in [0.05, 0.1) is 11.9 Å². The summed E-state index contributed by atoms with van der Waals surface area (Å²) in [6.45, 7) is 2.57. The normalized spacial score (nSPS) is 18.9. The molecular weight excluding hydrogens is 379 g/mol. The Morgan fingerprint density at radius 3 is 2.32 bits per heavy atom. The first-order chi connectivity index (χ1) is 13.5. The highest BCUT2D eigenvalue weighted by molar-refractivity contribution is 6.30. The molecular formula is C21H22ClFN4O. The Labute approximate surface area is 168 Å². The Hall–Kier alpha value is -2.44. The molecule has 7 heteroatoms. The van der Waals surface area contributed by atoms with Crippen molar-refractivity contribution in [2.75, 3.05) is 19.8 Å². The molecule has 4 rings (SSSR count). The average molecular weight is 401 g/mol. The number of likely N-dealkylation sites (tertiary alicyclic amines) is 1. The van der Waals surface area contributed by atoms with Gasteiger partial charge in [-0.05, 0) is 48.2 Å². The third kappa shape index (κ3) is 4.18. The van der Waals surface area contributed by atoms with Crippen LogP contribution in [0.25, 0.3) is 0 Å². The van der Waals surface area contributed by atoms with Crippen LogP contribution in [-0.2, 0) is 12.1 Å². The van der Waals surface area contributed by atoms with Gasteiger partial charge >= 0.3 is 0 Å². The Morgan fingerprint density at radius 2 is 1.71 bits per heavy atom. The number of nitrogens with zero attached hydrogens (tertiary/aromatic N) is 4. The zero-order valence-corrected chi connectivity index (χ0v) is 16.2. The van der Waals surface area contributed by atoms with Gasteiger partial charge in [-0.25, -0.2) is 14.4 Å². The van der Waals surface area contributed by atoms with Gasteiger partial charge in [0.1, 0.15) is 12.5 Å². The van der Waals surface area contributed by atoms with E-state index in [0.29, 0.717) is 38.6 Å². The van der Waals surface area contributed by atoms with Crippen LogP contribution in [0.2, 0.25) is 5.02 Å². The van der Waals surface area contributed by atoms with E-state index in [1.807, 2.05) is 35.5 Å². The van der Waals surface area contributed by atoms with Crippen LogP contribution in [0.15, 0.2) is 58.5 Å². The Kier molecular flexibility index (Phi) is 5.33. The van der Waals surface area contributed by atoms with Crippen LogP contribution in [0.4, 0.5) is 4.39 Å². The number of benzene rings is 2. The number of guanidine groups is 1. The monoisotopic (exact) mass is 400 g/mol. The number of hydrogen-bond acceptors (Lipinski definition) is 5. The molecule has 2 aliphatic rings. The zero-order chi connectivity index (χ0) is 19.6. The van der Waals surface area contributed by atoms with Crippen LogP contribution in [0, 0.1) is 5.82 Å². The predicted octanol–water partition coefficient (Wildman–Crippen LogP) is 3.62. The van der Waals surface area contributed by atoms with Crippen molar-refractivity contribution in [1.82, 2.24) is 9.80 Å². The summed E-state index contributed by atoms with van der Waals surface area (Å²) in [5, 5.41) is 11.7. The lowest BCUT2D eigenvalue weighted by molar-refractivity contribution is -0.0125. The van der Waals surface area contributed by atoms with Gasteiger partial charge in [-0.15, -0.1) is 0 Å². The second kappa shape index (κ2) is 7.89. The summed E-state index contributed by atoms with van der Waals surface area (Å²) >= 11 is 5.92. The van der Waals surface area contributed by atoms with Gasteiger partial charge in [-0.1, -0.05) is 35.9 Å². The number of hydrogen-bond donors (Lipinski definition) is 1. The van der Waals surface area contributed by atoms with Crippen molar-refractivity contribution in [2.24, 2.45) is 9.98 Å². The van der Waals surface area contributed by atoms with Gasteiger partial charge in [0.25, 0.3) is 0 Å². The van der Waals surface area contributed by atoms with Crippen LogP contribution in [0.5, 0.6) is 0 Å². The second-order valence-electron chi connectivity index (χ2n) is 7.24. The number of aliphatic hydroxyl groups is 1. The van der Waals surface area contributed by atoms with Crippen molar-refractivity contribution in [3.63, 3.8) is 0 Å². The van der Waals surface area contributed by atoms with Gasteiger partial charge in [-0.2, -0.15) is 0 Å².